The minimum absolute atomic E-state index is 0.343. The molecule has 0 aliphatic heterocycles. The number of ether oxygens (including phenoxy) is 2. The minimum atomic E-state index is -0.343. The van der Waals surface area contributed by atoms with Crippen LogP contribution in [0.1, 0.15) is 15.9 Å². The summed E-state index contributed by atoms with van der Waals surface area (Å²) in [5, 5.41) is 4.85. The van der Waals surface area contributed by atoms with Gasteiger partial charge in [0.1, 0.15) is 0 Å². The van der Waals surface area contributed by atoms with Crippen LogP contribution in [0, 0.1) is 0 Å². The Morgan fingerprint density at radius 1 is 1.13 bits per heavy atom. The Morgan fingerprint density at radius 3 is 2.43 bits per heavy atom. The Labute approximate surface area is 143 Å². The van der Waals surface area contributed by atoms with E-state index in [-0.39, 0.29) is 5.91 Å². The molecule has 7 heteroatoms. The number of nitrogens with zero attached hydrogens (tertiary/aromatic N) is 1. The van der Waals surface area contributed by atoms with Crippen molar-refractivity contribution in [2.45, 2.75) is 0 Å². The van der Waals surface area contributed by atoms with Gasteiger partial charge in [-0.25, -0.2) is 5.43 Å². The van der Waals surface area contributed by atoms with Gasteiger partial charge in [-0.1, -0.05) is 23.2 Å². The number of rotatable bonds is 5. The Morgan fingerprint density at radius 2 is 1.83 bits per heavy atom. The van der Waals surface area contributed by atoms with Crippen molar-refractivity contribution in [1.29, 1.82) is 0 Å². The SMILES string of the molecule is COc1cc(C=NNC(=O)c2ccc(Cl)cc2)cc(Cl)c1OC. The number of benzene rings is 2. The molecule has 1 N–H and O–H groups in total. The fraction of sp³-hybridized carbons (Fsp3) is 0.125. The highest BCUT2D eigenvalue weighted by Gasteiger charge is 2.10. The average molecular weight is 353 g/mol. The molecule has 0 heterocycles. The summed E-state index contributed by atoms with van der Waals surface area (Å²) < 4.78 is 10.3. The van der Waals surface area contributed by atoms with Crippen molar-refractivity contribution >= 4 is 35.3 Å². The van der Waals surface area contributed by atoms with E-state index < -0.39 is 0 Å². The van der Waals surface area contributed by atoms with Crippen LogP contribution in [-0.4, -0.2) is 26.3 Å². The van der Waals surface area contributed by atoms with Crippen LogP contribution in [0.2, 0.25) is 10.0 Å². The van der Waals surface area contributed by atoms with Gasteiger partial charge in [-0.2, -0.15) is 5.10 Å². The molecule has 2 aromatic carbocycles. The number of carbonyl (C=O) groups excluding carboxylic acids is 1. The van der Waals surface area contributed by atoms with Crippen molar-refractivity contribution in [3.63, 3.8) is 0 Å². The number of carbonyl (C=O) groups is 1. The van der Waals surface area contributed by atoms with Gasteiger partial charge in [0.25, 0.3) is 5.91 Å². The first-order valence-corrected chi connectivity index (χ1v) is 7.31. The van der Waals surface area contributed by atoms with Crippen LogP contribution in [0.25, 0.3) is 0 Å². The highest BCUT2D eigenvalue weighted by molar-refractivity contribution is 6.32. The number of hydrazone groups is 1. The summed E-state index contributed by atoms with van der Waals surface area (Å²) in [5.74, 6) is 0.575. The van der Waals surface area contributed by atoms with E-state index >= 15 is 0 Å². The maximum atomic E-state index is 11.9. The number of amides is 1. The first-order chi connectivity index (χ1) is 11.0. The van der Waals surface area contributed by atoms with Gasteiger partial charge >= 0.3 is 0 Å². The largest absolute Gasteiger partial charge is 0.493 e. The summed E-state index contributed by atoms with van der Waals surface area (Å²) in [6.45, 7) is 0. The summed E-state index contributed by atoms with van der Waals surface area (Å²) in [6.07, 6.45) is 1.46. The number of methoxy groups -OCH3 is 2. The predicted molar refractivity (Wildman–Crippen MR) is 91.1 cm³/mol. The van der Waals surface area contributed by atoms with Crippen molar-refractivity contribution in [3.05, 3.63) is 57.6 Å². The lowest BCUT2D eigenvalue weighted by Gasteiger charge is -2.09. The van der Waals surface area contributed by atoms with Crippen molar-refractivity contribution in [2.24, 2.45) is 5.10 Å². The molecule has 0 aliphatic rings. The molecule has 120 valence electrons. The van der Waals surface area contributed by atoms with Gasteiger partial charge in [-0.15, -0.1) is 0 Å². The summed E-state index contributed by atoms with van der Waals surface area (Å²) in [6, 6.07) is 9.84. The van der Waals surface area contributed by atoms with E-state index in [0.29, 0.717) is 32.7 Å². The van der Waals surface area contributed by atoms with E-state index in [9.17, 15) is 4.79 Å². The predicted octanol–water partition coefficient (Wildman–Crippen LogP) is 3.77. The summed E-state index contributed by atoms with van der Waals surface area (Å²) in [7, 11) is 3.02. The molecule has 23 heavy (non-hydrogen) atoms. The summed E-state index contributed by atoms with van der Waals surface area (Å²) in [4.78, 5) is 11.9. The Kier molecular flexibility index (Phi) is 5.84. The molecule has 0 aliphatic carbocycles. The maximum Gasteiger partial charge on any atom is 0.271 e. The lowest BCUT2D eigenvalue weighted by Crippen LogP contribution is -2.17. The molecule has 0 spiro atoms. The van der Waals surface area contributed by atoms with E-state index in [1.165, 1.54) is 20.4 Å². The van der Waals surface area contributed by atoms with Gasteiger partial charge in [0.15, 0.2) is 11.5 Å². The highest BCUT2D eigenvalue weighted by atomic mass is 35.5. The molecular formula is C16H14Cl2N2O3. The van der Waals surface area contributed by atoms with Crippen molar-refractivity contribution in [1.82, 2.24) is 5.43 Å². The normalized spacial score (nSPS) is 10.6. The van der Waals surface area contributed by atoms with Crippen molar-refractivity contribution < 1.29 is 14.3 Å². The lowest BCUT2D eigenvalue weighted by atomic mass is 10.2. The molecule has 2 aromatic rings. The topological polar surface area (TPSA) is 59.9 Å². The molecule has 0 unspecified atom stereocenters. The zero-order valence-corrected chi connectivity index (χ0v) is 14.0. The van der Waals surface area contributed by atoms with E-state index in [1.54, 1.807) is 36.4 Å². The van der Waals surface area contributed by atoms with Gasteiger partial charge < -0.3 is 9.47 Å². The number of hydrogen-bond donors (Lipinski definition) is 1. The minimum Gasteiger partial charge on any atom is -0.493 e. The van der Waals surface area contributed by atoms with E-state index in [2.05, 4.69) is 10.5 Å². The van der Waals surface area contributed by atoms with Crippen LogP contribution >= 0.6 is 23.2 Å². The Balaban J connectivity index is 2.10. The third-order valence-corrected chi connectivity index (χ3v) is 3.47. The highest BCUT2D eigenvalue weighted by Crippen LogP contribution is 2.35. The van der Waals surface area contributed by atoms with Crippen LogP contribution in [0.15, 0.2) is 41.5 Å². The molecule has 0 fully saturated rings. The van der Waals surface area contributed by atoms with Crippen molar-refractivity contribution in [3.8, 4) is 11.5 Å². The molecule has 1 amide bonds. The van der Waals surface area contributed by atoms with Gasteiger partial charge in [0, 0.05) is 10.6 Å². The fourth-order valence-corrected chi connectivity index (χ4v) is 2.27. The number of hydrogen-bond acceptors (Lipinski definition) is 4. The van der Waals surface area contributed by atoms with Gasteiger partial charge in [0.2, 0.25) is 0 Å². The van der Waals surface area contributed by atoms with Crippen LogP contribution in [0.5, 0.6) is 11.5 Å². The second kappa shape index (κ2) is 7.85. The molecule has 0 aromatic heterocycles. The standard InChI is InChI=1S/C16H14Cl2N2O3/c1-22-14-8-10(7-13(18)15(14)23-2)9-19-20-16(21)11-3-5-12(17)6-4-11/h3-9H,1-2H3,(H,20,21). The average Bonchev–Trinajstić information content (AvgIpc) is 2.54. The first-order valence-electron chi connectivity index (χ1n) is 6.55. The van der Waals surface area contributed by atoms with Gasteiger partial charge in [0.05, 0.1) is 25.5 Å². The second-order valence-corrected chi connectivity index (χ2v) is 5.29. The lowest BCUT2D eigenvalue weighted by molar-refractivity contribution is 0.0955. The molecule has 0 bridgehead atoms. The number of nitrogens with one attached hydrogen (secondary N) is 1. The molecule has 0 atom stereocenters. The number of halogens is 2. The Bertz CT molecular complexity index is 731. The summed E-state index contributed by atoms with van der Waals surface area (Å²) >= 11 is 11.9. The molecule has 0 saturated carbocycles. The molecule has 0 saturated heterocycles. The van der Waals surface area contributed by atoms with Gasteiger partial charge in [-0.3, -0.25) is 4.79 Å². The molecule has 5 nitrogen and oxygen atoms in total. The van der Waals surface area contributed by atoms with E-state index in [1.807, 2.05) is 0 Å². The first kappa shape index (κ1) is 17.1. The van der Waals surface area contributed by atoms with Crippen LogP contribution in [-0.2, 0) is 0 Å². The monoisotopic (exact) mass is 352 g/mol. The molecular weight excluding hydrogens is 339 g/mol. The quantitative estimate of drug-likeness (QED) is 0.658. The maximum absolute atomic E-state index is 11.9. The fourth-order valence-electron chi connectivity index (χ4n) is 1.84. The Hall–Kier alpha value is -2.24. The zero-order chi connectivity index (χ0) is 16.8. The van der Waals surface area contributed by atoms with Gasteiger partial charge in [-0.05, 0) is 42.0 Å². The molecule has 2 rings (SSSR count). The van der Waals surface area contributed by atoms with Crippen LogP contribution in [0.3, 0.4) is 0 Å². The van der Waals surface area contributed by atoms with E-state index in [4.69, 9.17) is 32.7 Å². The summed E-state index contributed by atoms with van der Waals surface area (Å²) in [5.41, 5.74) is 3.54. The smallest absolute Gasteiger partial charge is 0.271 e. The zero-order valence-electron chi connectivity index (χ0n) is 12.5. The van der Waals surface area contributed by atoms with E-state index in [0.717, 1.165) is 0 Å². The second-order valence-electron chi connectivity index (χ2n) is 4.44. The van der Waals surface area contributed by atoms with Crippen LogP contribution < -0.4 is 14.9 Å². The third kappa shape index (κ3) is 4.37. The van der Waals surface area contributed by atoms with Crippen LogP contribution in [0.4, 0.5) is 0 Å². The van der Waals surface area contributed by atoms with Crippen molar-refractivity contribution in [2.75, 3.05) is 14.2 Å². The third-order valence-electron chi connectivity index (χ3n) is 2.94. The molecule has 0 radical (unpaired) electrons.